The lowest BCUT2D eigenvalue weighted by Crippen LogP contribution is -2.20. The molecule has 0 bridgehead atoms. The zero-order valence-corrected chi connectivity index (χ0v) is 20.4. The largest absolute Gasteiger partial charge is 0.493 e. The topological polar surface area (TPSA) is 18.5 Å². The van der Waals surface area contributed by atoms with Crippen LogP contribution in [0, 0.1) is 41.9 Å². The van der Waals surface area contributed by atoms with E-state index in [0.29, 0.717) is 37.0 Å². The Morgan fingerprint density at radius 1 is 0.750 bits per heavy atom. The average Bonchev–Trinajstić information content (AvgIpc) is 2.88. The van der Waals surface area contributed by atoms with Gasteiger partial charge in [-0.2, -0.15) is 4.39 Å². The first-order valence-corrected chi connectivity index (χ1v) is 12.3. The summed E-state index contributed by atoms with van der Waals surface area (Å²) in [7, 11) is 0. The molecular weight excluding hydrogens is 475 g/mol. The van der Waals surface area contributed by atoms with Gasteiger partial charge in [0.05, 0.1) is 13.2 Å². The summed E-state index contributed by atoms with van der Waals surface area (Å²) in [6, 6.07) is 9.90. The zero-order valence-electron chi connectivity index (χ0n) is 20.4. The van der Waals surface area contributed by atoms with Crippen molar-refractivity contribution in [2.75, 3.05) is 13.2 Å². The van der Waals surface area contributed by atoms with Gasteiger partial charge < -0.3 is 9.47 Å². The SMILES string of the molecule is CCCOc1ccc(-c2ccc(OCC3CCC(c4ccc(C)c(F)c4F)CC3)cc2F)c(F)c1F. The maximum Gasteiger partial charge on any atom is 0.201 e. The molecule has 0 saturated heterocycles. The van der Waals surface area contributed by atoms with E-state index in [1.807, 2.05) is 6.92 Å². The Hall–Kier alpha value is -3.09. The maximum atomic E-state index is 14.8. The Bertz CT molecular complexity index is 1220. The lowest BCUT2D eigenvalue weighted by Gasteiger charge is -2.29. The summed E-state index contributed by atoms with van der Waals surface area (Å²) in [6.07, 6.45) is 3.62. The second kappa shape index (κ2) is 11.3. The van der Waals surface area contributed by atoms with Crippen LogP contribution in [0.15, 0.2) is 42.5 Å². The molecule has 1 saturated carbocycles. The minimum atomic E-state index is -1.17. The van der Waals surface area contributed by atoms with Crippen molar-refractivity contribution >= 4 is 0 Å². The van der Waals surface area contributed by atoms with Gasteiger partial charge >= 0.3 is 0 Å². The molecule has 3 aromatic rings. The molecule has 0 amide bonds. The molecule has 0 aliphatic heterocycles. The Balaban J connectivity index is 1.36. The van der Waals surface area contributed by atoms with Gasteiger partial charge in [0.2, 0.25) is 5.82 Å². The van der Waals surface area contributed by atoms with E-state index in [9.17, 15) is 22.0 Å². The Morgan fingerprint density at radius 3 is 2.17 bits per heavy atom. The van der Waals surface area contributed by atoms with E-state index >= 15 is 0 Å². The van der Waals surface area contributed by atoms with Crippen LogP contribution in [0.2, 0.25) is 0 Å². The summed E-state index contributed by atoms with van der Waals surface area (Å²) in [5.74, 6) is -4.35. The Morgan fingerprint density at radius 2 is 1.47 bits per heavy atom. The first-order chi connectivity index (χ1) is 17.3. The van der Waals surface area contributed by atoms with E-state index in [0.717, 1.165) is 18.9 Å². The van der Waals surface area contributed by atoms with Gasteiger partial charge in [0.15, 0.2) is 23.2 Å². The molecular formula is C29H29F5O2. The molecule has 0 aromatic heterocycles. The molecule has 0 spiro atoms. The monoisotopic (exact) mass is 504 g/mol. The number of ether oxygens (including phenoxy) is 2. The zero-order chi connectivity index (χ0) is 25.8. The quantitative estimate of drug-likeness (QED) is 0.286. The predicted octanol–water partition coefficient (Wildman–Crippen LogP) is 8.50. The summed E-state index contributed by atoms with van der Waals surface area (Å²) < 4.78 is 82.9. The van der Waals surface area contributed by atoms with Gasteiger partial charge in [0.1, 0.15) is 11.6 Å². The molecule has 4 rings (SSSR count). The third-order valence-corrected chi connectivity index (χ3v) is 6.82. The normalized spacial score (nSPS) is 17.8. The molecule has 0 N–H and O–H groups in total. The standard InChI is InChI=1S/C29H29F5O2/c1-3-14-35-25-13-12-23(28(33)29(25)34)22-11-9-20(15-24(22)30)36-16-18-5-7-19(8-6-18)21-10-4-17(2)26(31)27(21)32/h4,9-13,15,18-19H,3,5-8,14,16H2,1-2H3. The molecule has 7 heteroatoms. The van der Waals surface area contributed by atoms with Crippen molar-refractivity contribution in [3.8, 4) is 22.6 Å². The molecule has 36 heavy (non-hydrogen) atoms. The van der Waals surface area contributed by atoms with Crippen LogP contribution in [0.3, 0.4) is 0 Å². The number of aryl methyl sites for hydroxylation is 1. The van der Waals surface area contributed by atoms with Gasteiger partial charge in [-0.3, -0.25) is 0 Å². The average molecular weight is 505 g/mol. The number of hydrogen-bond acceptors (Lipinski definition) is 2. The van der Waals surface area contributed by atoms with E-state index in [-0.39, 0.29) is 41.1 Å². The molecule has 0 heterocycles. The Kier molecular flexibility index (Phi) is 8.17. The van der Waals surface area contributed by atoms with Crippen LogP contribution in [0.5, 0.6) is 11.5 Å². The van der Waals surface area contributed by atoms with Gasteiger partial charge in [-0.15, -0.1) is 0 Å². The van der Waals surface area contributed by atoms with Crippen molar-refractivity contribution < 1.29 is 31.4 Å². The summed E-state index contributed by atoms with van der Waals surface area (Å²) in [5.41, 5.74) is 0.443. The summed E-state index contributed by atoms with van der Waals surface area (Å²) in [4.78, 5) is 0. The molecule has 192 valence electrons. The van der Waals surface area contributed by atoms with E-state index in [4.69, 9.17) is 9.47 Å². The van der Waals surface area contributed by atoms with E-state index < -0.39 is 29.1 Å². The molecule has 0 unspecified atom stereocenters. The molecule has 3 aromatic carbocycles. The second-order valence-corrected chi connectivity index (χ2v) is 9.36. The summed E-state index contributed by atoms with van der Waals surface area (Å²) >= 11 is 0. The smallest absolute Gasteiger partial charge is 0.201 e. The number of benzene rings is 3. The van der Waals surface area contributed by atoms with Crippen LogP contribution in [-0.2, 0) is 0 Å². The number of halogens is 5. The van der Waals surface area contributed by atoms with Gasteiger partial charge in [0.25, 0.3) is 0 Å². The molecule has 0 radical (unpaired) electrons. The van der Waals surface area contributed by atoms with Crippen LogP contribution < -0.4 is 9.47 Å². The van der Waals surface area contributed by atoms with Gasteiger partial charge in [-0.05, 0) is 86.3 Å². The van der Waals surface area contributed by atoms with Crippen molar-refractivity contribution in [3.05, 3.63) is 82.7 Å². The van der Waals surface area contributed by atoms with Crippen molar-refractivity contribution in [3.63, 3.8) is 0 Å². The number of rotatable bonds is 8. The lowest BCUT2D eigenvalue weighted by atomic mass is 9.78. The molecule has 0 atom stereocenters. The van der Waals surface area contributed by atoms with Crippen molar-refractivity contribution in [2.24, 2.45) is 5.92 Å². The third-order valence-electron chi connectivity index (χ3n) is 6.82. The fourth-order valence-corrected chi connectivity index (χ4v) is 4.70. The molecule has 1 fully saturated rings. The van der Waals surface area contributed by atoms with Gasteiger partial charge in [-0.25, -0.2) is 17.6 Å². The highest BCUT2D eigenvalue weighted by atomic mass is 19.2. The highest BCUT2D eigenvalue weighted by molar-refractivity contribution is 5.66. The van der Waals surface area contributed by atoms with Crippen molar-refractivity contribution in [1.82, 2.24) is 0 Å². The van der Waals surface area contributed by atoms with Crippen LogP contribution in [-0.4, -0.2) is 13.2 Å². The minimum absolute atomic E-state index is 0.0397. The first kappa shape index (κ1) is 26.0. The Labute approximate surface area is 208 Å². The van der Waals surface area contributed by atoms with E-state index in [2.05, 4.69) is 0 Å². The molecule has 2 nitrogen and oxygen atoms in total. The summed E-state index contributed by atoms with van der Waals surface area (Å²) in [5, 5.41) is 0. The van der Waals surface area contributed by atoms with Crippen LogP contribution >= 0.6 is 0 Å². The minimum Gasteiger partial charge on any atom is -0.493 e. The van der Waals surface area contributed by atoms with E-state index in [1.165, 1.54) is 24.3 Å². The summed E-state index contributed by atoms with van der Waals surface area (Å²) in [6.45, 7) is 3.99. The van der Waals surface area contributed by atoms with Crippen LogP contribution in [0.4, 0.5) is 22.0 Å². The number of hydrogen-bond donors (Lipinski definition) is 0. The van der Waals surface area contributed by atoms with E-state index in [1.54, 1.807) is 19.1 Å². The second-order valence-electron chi connectivity index (χ2n) is 9.36. The molecule has 1 aliphatic carbocycles. The fraction of sp³-hybridized carbons (Fsp3) is 0.379. The fourth-order valence-electron chi connectivity index (χ4n) is 4.70. The predicted molar refractivity (Wildman–Crippen MR) is 129 cm³/mol. The lowest BCUT2D eigenvalue weighted by molar-refractivity contribution is 0.198. The van der Waals surface area contributed by atoms with Gasteiger partial charge in [0, 0.05) is 17.2 Å². The van der Waals surface area contributed by atoms with Crippen LogP contribution in [0.1, 0.15) is 56.1 Å². The highest BCUT2D eigenvalue weighted by Crippen LogP contribution is 2.38. The van der Waals surface area contributed by atoms with Crippen LogP contribution in [0.25, 0.3) is 11.1 Å². The molecule has 1 aliphatic rings. The maximum absolute atomic E-state index is 14.8. The third kappa shape index (κ3) is 5.50. The first-order valence-electron chi connectivity index (χ1n) is 12.3. The van der Waals surface area contributed by atoms with Crippen molar-refractivity contribution in [2.45, 2.75) is 51.9 Å². The van der Waals surface area contributed by atoms with Gasteiger partial charge in [-0.1, -0.05) is 19.1 Å². The highest BCUT2D eigenvalue weighted by Gasteiger charge is 2.26. The van der Waals surface area contributed by atoms with Crippen molar-refractivity contribution in [1.29, 1.82) is 0 Å².